The summed E-state index contributed by atoms with van der Waals surface area (Å²) in [5, 5.41) is 3.08. The van der Waals surface area contributed by atoms with E-state index in [0.717, 1.165) is 35.9 Å². The van der Waals surface area contributed by atoms with Crippen LogP contribution in [-0.4, -0.2) is 24.0 Å². The van der Waals surface area contributed by atoms with Crippen molar-refractivity contribution < 1.29 is 4.79 Å². The molecule has 3 rings (SSSR count). The number of anilines is 2. The SMILES string of the molecule is Cc1cc(N2CCC3(CCCC3)CC2)nc(C)c1NC(=O)CC(C)(C)C. The summed E-state index contributed by atoms with van der Waals surface area (Å²) in [6.07, 6.45) is 8.80. The molecule has 4 nitrogen and oxygen atoms in total. The Balaban J connectivity index is 1.68. The smallest absolute Gasteiger partial charge is 0.224 e. The predicted molar refractivity (Wildman–Crippen MR) is 109 cm³/mol. The molecule has 2 aliphatic rings. The van der Waals surface area contributed by atoms with E-state index in [4.69, 9.17) is 4.98 Å². The molecule has 2 heterocycles. The molecule has 1 aromatic rings. The summed E-state index contributed by atoms with van der Waals surface area (Å²) in [5.41, 5.74) is 3.52. The number of nitrogens with zero attached hydrogens (tertiary/aromatic N) is 2. The summed E-state index contributed by atoms with van der Waals surface area (Å²) in [6.45, 7) is 12.6. The summed E-state index contributed by atoms with van der Waals surface area (Å²) in [6, 6.07) is 2.15. The maximum absolute atomic E-state index is 12.3. The van der Waals surface area contributed by atoms with Crippen molar-refractivity contribution in [2.24, 2.45) is 10.8 Å². The fourth-order valence-corrected chi connectivity index (χ4v) is 4.66. The van der Waals surface area contributed by atoms with Crippen molar-refractivity contribution in [2.75, 3.05) is 23.3 Å². The zero-order valence-corrected chi connectivity index (χ0v) is 17.2. The van der Waals surface area contributed by atoms with Crippen LogP contribution >= 0.6 is 0 Å². The zero-order valence-electron chi connectivity index (χ0n) is 17.2. The Labute approximate surface area is 158 Å². The van der Waals surface area contributed by atoms with Gasteiger partial charge in [0.05, 0.1) is 11.4 Å². The third-order valence-corrected chi connectivity index (χ3v) is 6.15. The van der Waals surface area contributed by atoms with E-state index >= 15 is 0 Å². The van der Waals surface area contributed by atoms with Crippen molar-refractivity contribution in [2.45, 2.75) is 79.6 Å². The van der Waals surface area contributed by atoms with Crippen molar-refractivity contribution in [3.63, 3.8) is 0 Å². The van der Waals surface area contributed by atoms with Gasteiger partial charge in [0, 0.05) is 19.5 Å². The van der Waals surface area contributed by atoms with Crippen LogP contribution in [0.4, 0.5) is 11.5 Å². The number of aryl methyl sites for hydroxylation is 2. The van der Waals surface area contributed by atoms with Crippen LogP contribution in [0.1, 0.15) is 77.0 Å². The molecule has 0 radical (unpaired) electrons. The molecule has 0 bridgehead atoms. The van der Waals surface area contributed by atoms with Gasteiger partial charge >= 0.3 is 0 Å². The Bertz CT molecular complexity index is 635. The van der Waals surface area contributed by atoms with Crippen molar-refractivity contribution in [1.29, 1.82) is 0 Å². The van der Waals surface area contributed by atoms with E-state index in [0.29, 0.717) is 11.8 Å². The number of carbonyl (C=O) groups is 1. The van der Waals surface area contributed by atoms with Crippen LogP contribution in [-0.2, 0) is 4.79 Å². The van der Waals surface area contributed by atoms with E-state index in [1.54, 1.807) is 0 Å². The zero-order chi connectivity index (χ0) is 18.9. The molecule has 144 valence electrons. The van der Waals surface area contributed by atoms with Crippen LogP contribution in [0.5, 0.6) is 0 Å². The van der Waals surface area contributed by atoms with Crippen LogP contribution in [0.25, 0.3) is 0 Å². The summed E-state index contributed by atoms with van der Waals surface area (Å²) >= 11 is 0. The second kappa shape index (κ2) is 7.21. The second-order valence-electron chi connectivity index (χ2n) is 9.74. The molecular weight excluding hydrogens is 322 g/mol. The van der Waals surface area contributed by atoms with Crippen LogP contribution in [0.15, 0.2) is 6.07 Å². The van der Waals surface area contributed by atoms with E-state index in [1.807, 2.05) is 6.92 Å². The average molecular weight is 358 g/mol. The first-order valence-electron chi connectivity index (χ1n) is 10.2. The van der Waals surface area contributed by atoms with Crippen LogP contribution in [0.3, 0.4) is 0 Å². The number of hydrogen-bond donors (Lipinski definition) is 1. The number of rotatable bonds is 3. The number of nitrogens with one attached hydrogen (secondary N) is 1. The monoisotopic (exact) mass is 357 g/mol. The van der Waals surface area contributed by atoms with E-state index in [1.165, 1.54) is 38.5 Å². The van der Waals surface area contributed by atoms with Gasteiger partial charge in [0.15, 0.2) is 0 Å². The molecule has 1 aliphatic heterocycles. The Morgan fingerprint density at radius 3 is 2.31 bits per heavy atom. The first-order chi connectivity index (χ1) is 12.2. The molecule has 1 aromatic heterocycles. The topological polar surface area (TPSA) is 45.2 Å². The summed E-state index contributed by atoms with van der Waals surface area (Å²) in [5.74, 6) is 1.14. The Hall–Kier alpha value is -1.58. The molecule has 0 aromatic carbocycles. The van der Waals surface area contributed by atoms with Gasteiger partial charge in [-0.2, -0.15) is 0 Å². The number of aromatic nitrogens is 1. The fourth-order valence-electron chi connectivity index (χ4n) is 4.66. The van der Waals surface area contributed by atoms with Crippen LogP contribution < -0.4 is 10.2 Å². The van der Waals surface area contributed by atoms with E-state index < -0.39 is 0 Å². The average Bonchev–Trinajstić information content (AvgIpc) is 2.98. The maximum atomic E-state index is 12.3. The quantitative estimate of drug-likeness (QED) is 0.805. The molecule has 1 N–H and O–H groups in total. The molecule has 4 heteroatoms. The van der Waals surface area contributed by atoms with E-state index in [9.17, 15) is 4.79 Å². The Morgan fingerprint density at radius 1 is 1.15 bits per heavy atom. The normalized spacial score (nSPS) is 19.8. The Kier molecular flexibility index (Phi) is 5.32. The predicted octanol–water partition coefficient (Wildman–Crippen LogP) is 5.23. The van der Waals surface area contributed by atoms with Crippen molar-refractivity contribution >= 4 is 17.4 Å². The highest BCUT2D eigenvalue weighted by molar-refractivity contribution is 5.92. The Morgan fingerprint density at radius 2 is 1.77 bits per heavy atom. The minimum atomic E-state index is -0.0107. The molecule has 26 heavy (non-hydrogen) atoms. The molecule has 1 saturated heterocycles. The first-order valence-corrected chi connectivity index (χ1v) is 10.2. The van der Waals surface area contributed by atoms with Gasteiger partial charge in [0.25, 0.3) is 0 Å². The lowest BCUT2D eigenvalue weighted by Gasteiger charge is -2.40. The minimum Gasteiger partial charge on any atom is -0.357 e. The summed E-state index contributed by atoms with van der Waals surface area (Å²) < 4.78 is 0. The number of pyridine rings is 1. The van der Waals surface area contributed by atoms with Crippen molar-refractivity contribution in [3.8, 4) is 0 Å². The molecular formula is C22H35N3O. The van der Waals surface area contributed by atoms with Crippen LogP contribution in [0.2, 0.25) is 0 Å². The number of piperidine rings is 1. The van der Waals surface area contributed by atoms with Gasteiger partial charge in [-0.15, -0.1) is 0 Å². The highest BCUT2D eigenvalue weighted by atomic mass is 16.1. The molecule has 1 spiro atoms. The van der Waals surface area contributed by atoms with Gasteiger partial charge < -0.3 is 10.2 Å². The third kappa shape index (κ3) is 4.39. The highest BCUT2D eigenvalue weighted by Gasteiger charge is 2.37. The van der Waals surface area contributed by atoms with Gasteiger partial charge in [0.1, 0.15) is 5.82 Å². The van der Waals surface area contributed by atoms with Crippen molar-refractivity contribution in [3.05, 3.63) is 17.3 Å². The lowest BCUT2D eigenvalue weighted by atomic mass is 9.77. The molecule has 0 atom stereocenters. The maximum Gasteiger partial charge on any atom is 0.224 e. The van der Waals surface area contributed by atoms with Gasteiger partial charge in [-0.25, -0.2) is 4.98 Å². The second-order valence-corrected chi connectivity index (χ2v) is 9.74. The largest absolute Gasteiger partial charge is 0.357 e. The van der Waals surface area contributed by atoms with Gasteiger partial charge in [-0.3, -0.25) is 4.79 Å². The molecule has 0 unspecified atom stereocenters. The van der Waals surface area contributed by atoms with E-state index in [2.05, 4.69) is 44.0 Å². The number of amides is 1. The fraction of sp³-hybridized carbons (Fsp3) is 0.727. The summed E-state index contributed by atoms with van der Waals surface area (Å²) in [4.78, 5) is 19.6. The summed E-state index contributed by atoms with van der Waals surface area (Å²) in [7, 11) is 0. The number of hydrogen-bond acceptors (Lipinski definition) is 3. The molecule has 1 amide bonds. The minimum absolute atomic E-state index is 0.0107. The highest BCUT2D eigenvalue weighted by Crippen LogP contribution is 2.46. The van der Waals surface area contributed by atoms with Gasteiger partial charge in [0.2, 0.25) is 5.91 Å². The van der Waals surface area contributed by atoms with Gasteiger partial charge in [-0.1, -0.05) is 33.6 Å². The lowest BCUT2D eigenvalue weighted by Crippen LogP contribution is -2.39. The van der Waals surface area contributed by atoms with E-state index in [-0.39, 0.29) is 11.3 Å². The lowest BCUT2D eigenvalue weighted by molar-refractivity contribution is -0.117. The van der Waals surface area contributed by atoms with Crippen LogP contribution in [0, 0.1) is 24.7 Å². The first kappa shape index (κ1) is 19.2. The standard InChI is InChI=1S/C22H35N3O/c1-16-14-18(25-12-10-22(11-13-25)8-6-7-9-22)23-17(2)20(16)24-19(26)15-21(3,4)5/h14H,6-13,15H2,1-5H3,(H,24,26). The third-order valence-electron chi connectivity index (χ3n) is 6.15. The molecule has 2 fully saturated rings. The number of carbonyl (C=O) groups excluding carboxylic acids is 1. The van der Waals surface area contributed by atoms with Crippen molar-refractivity contribution in [1.82, 2.24) is 4.98 Å². The molecule has 1 aliphatic carbocycles. The molecule has 1 saturated carbocycles. The van der Waals surface area contributed by atoms with Gasteiger partial charge in [-0.05, 0) is 62.0 Å².